The van der Waals surface area contributed by atoms with Crippen LogP contribution in [0.2, 0.25) is 0 Å². The average Bonchev–Trinajstić information content (AvgIpc) is 3.40. The number of aromatic nitrogens is 2. The van der Waals surface area contributed by atoms with Crippen molar-refractivity contribution in [1.29, 1.82) is 0 Å². The minimum Gasteiger partial charge on any atom is -0.437 e. The number of pyridine rings is 2. The van der Waals surface area contributed by atoms with Crippen molar-refractivity contribution >= 4 is 22.1 Å². The molecule has 43 heavy (non-hydrogen) atoms. The number of furan rings is 1. The lowest BCUT2D eigenvalue weighted by molar-refractivity contribution is 0.410. The van der Waals surface area contributed by atoms with E-state index < -0.39 is 30.4 Å². The van der Waals surface area contributed by atoms with Gasteiger partial charge in [0.2, 0.25) is 5.71 Å². The van der Waals surface area contributed by atoms with Crippen molar-refractivity contribution < 1.29 is 14.0 Å². The summed E-state index contributed by atoms with van der Waals surface area (Å²) in [5.74, 6) is -2.03. The van der Waals surface area contributed by atoms with Gasteiger partial charge < -0.3 is 4.42 Å². The Balaban J connectivity index is 1.57. The number of hydrogen-bond donors (Lipinski definition) is 0. The Labute approximate surface area is 265 Å². The van der Waals surface area contributed by atoms with Gasteiger partial charge in [-0.2, -0.15) is 0 Å². The molecule has 0 saturated heterocycles. The predicted molar refractivity (Wildman–Crippen MR) is 182 cm³/mol. The Bertz CT molecular complexity index is 2200. The quantitative estimate of drug-likeness (QED) is 0.199. The predicted octanol–water partition coefficient (Wildman–Crippen LogP) is 11.5. The number of fused-ring (bicyclic) bond motifs is 3. The van der Waals surface area contributed by atoms with Crippen molar-refractivity contribution in [3.8, 4) is 33.6 Å². The van der Waals surface area contributed by atoms with E-state index >= 15 is 0 Å². The number of aryl methyl sites for hydroxylation is 1. The van der Waals surface area contributed by atoms with Crippen LogP contribution in [0.5, 0.6) is 0 Å². The van der Waals surface area contributed by atoms with Gasteiger partial charge in [0.25, 0.3) is 0 Å². The summed E-state index contributed by atoms with van der Waals surface area (Å²) >= 11 is 0. The van der Waals surface area contributed by atoms with Crippen LogP contribution in [0, 0.1) is 12.3 Å². The lowest BCUT2D eigenvalue weighted by atomic mass is 9.84. The van der Waals surface area contributed by atoms with Crippen molar-refractivity contribution in [1.82, 2.24) is 9.97 Å². The molecule has 3 aromatic carbocycles. The molecule has 3 nitrogen and oxygen atoms in total. The summed E-state index contributed by atoms with van der Waals surface area (Å²) in [5, 5.41) is 1.52. The van der Waals surface area contributed by atoms with Crippen molar-refractivity contribution in [2.45, 2.75) is 73.5 Å². The lowest BCUT2D eigenvalue weighted by Gasteiger charge is -2.21. The van der Waals surface area contributed by atoms with Gasteiger partial charge in [0.05, 0.1) is 11.4 Å². The monoisotopic (exact) mass is 573 g/mol. The molecule has 6 aromatic rings. The molecule has 0 aliphatic carbocycles. The summed E-state index contributed by atoms with van der Waals surface area (Å²) in [6.07, 6.45) is -0.611. The van der Waals surface area contributed by atoms with Crippen LogP contribution in [0.15, 0.2) is 89.5 Å². The Morgan fingerprint density at radius 2 is 1.53 bits per heavy atom. The summed E-state index contributed by atoms with van der Waals surface area (Å²) in [4.78, 5) is 9.59. The van der Waals surface area contributed by atoms with Gasteiger partial charge in [0, 0.05) is 37.7 Å². The Kier molecular flexibility index (Phi) is 5.54. The Morgan fingerprint density at radius 1 is 0.814 bits per heavy atom. The van der Waals surface area contributed by atoms with Crippen LogP contribution >= 0.6 is 0 Å². The van der Waals surface area contributed by atoms with E-state index in [1.165, 1.54) is 12.3 Å². The molecule has 0 amide bonds. The van der Waals surface area contributed by atoms with Crippen LogP contribution in [-0.4, -0.2) is 9.97 Å². The second kappa shape index (κ2) is 11.1. The molecule has 0 bridgehead atoms. The molecule has 0 radical (unpaired) electrons. The summed E-state index contributed by atoms with van der Waals surface area (Å²) in [6.45, 7) is 9.99. The molecule has 6 rings (SSSR count). The van der Waals surface area contributed by atoms with Gasteiger partial charge in [-0.1, -0.05) is 103 Å². The first-order chi connectivity index (χ1) is 23.1. The largest absolute Gasteiger partial charge is 0.437 e. The molecule has 0 unspecified atom stereocenters. The fourth-order valence-electron chi connectivity index (χ4n) is 5.63. The molecule has 0 spiro atoms. The number of para-hydroxylation sites is 1. The molecule has 3 heterocycles. The third-order valence-corrected chi connectivity index (χ3v) is 7.63. The first-order valence-electron chi connectivity index (χ1n) is 18.2. The van der Waals surface area contributed by atoms with E-state index in [1.54, 1.807) is 26.8 Å². The van der Waals surface area contributed by atoms with Crippen LogP contribution in [-0.2, 0) is 6.37 Å². The van der Waals surface area contributed by atoms with Gasteiger partial charge in [0.1, 0.15) is 5.58 Å². The molecule has 0 atom stereocenters. The maximum Gasteiger partial charge on any atom is 0.227 e. The maximum absolute atomic E-state index is 9.16. The summed E-state index contributed by atoms with van der Waals surface area (Å²) in [5.41, 5.74) is 5.54. The van der Waals surface area contributed by atoms with Crippen molar-refractivity contribution in [2.75, 3.05) is 0 Å². The first kappa shape index (κ1) is 21.4. The highest BCUT2D eigenvalue weighted by Crippen LogP contribution is 2.41. The minimum absolute atomic E-state index is 0.0383. The summed E-state index contributed by atoms with van der Waals surface area (Å²) in [6, 6.07) is 24.9. The number of rotatable bonds is 6. The SMILES string of the molecule is [2H]C([2H])([2H])c1cc(-c2cccc3c2oc2nc(-c4c(C([2H])(C)C)cc(-c5ccccc5)cc4C([2H])(C)C)ccc23)ncc1C([2H])([2H])C(C)(C)C. The minimum atomic E-state index is -2.58. The Hall–Kier alpha value is -4.24. The average molecular weight is 574 g/mol. The normalized spacial score (nSPS) is 15.7. The first-order valence-corrected chi connectivity index (χ1v) is 14.7. The second-order valence-corrected chi connectivity index (χ2v) is 12.6. The molecule has 0 aliphatic heterocycles. The van der Waals surface area contributed by atoms with Crippen molar-refractivity contribution in [3.63, 3.8) is 0 Å². The number of nitrogens with zero attached hydrogens (tertiary/aromatic N) is 2. The molecular weight excluding hydrogens is 524 g/mol. The van der Waals surface area contributed by atoms with E-state index in [4.69, 9.17) is 19.0 Å². The van der Waals surface area contributed by atoms with E-state index in [1.807, 2.05) is 94.4 Å². The zero-order valence-electron chi connectivity index (χ0n) is 32.9. The fraction of sp³-hybridized carbons (Fsp3) is 0.300. The Morgan fingerprint density at radius 3 is 2.19 bits per heavy atom. The van der Waals surface area contributed by atoms with Crippen LogP contribution in [0.4, 0.5) is 0 Å². The standard InChI is InChI=1S/C40H42N2O/c1-24(2)33-20-28(27-13-10-9-11-14-27)21-34(25(3)4)37(33)35-18-17-31-30-15-12-16-32(38(30)43-39(31)42-35)36-19-26(5)29(23-41-36)22-40(6,7)8/h9-21,23-25H,22H2,1-8H3/i5D3,22D2,24D,25D. The van der Waals surface area contributed by atoms with Crippen molar-refractivity contribution in [2.24, 2.45) is 5.41 Å². The molecule has 218 valence electrons. The van der Waals surface area contributed by atoms with E-state index in [-0.39, 0.29) is 11.1 Å². The van der Waals surface area contributed by atoms with Gasteiger partial charge in [-0.3, -0.25) is 4.98 Å². The van der Waals surface area contributed by atoms with Gasteiger partial charge in [-0.25, -0.2) is 4.98 Å². The van der Waals surface area contributed by atoms with Gasteiger partial charge >= 0.3 is 0 Å². The highest BCUT2D eigenvalue weighted by molar-refractivity contribution is 6.08. The third kappa shape index (κ3) is 5.61. The molecule has 3 aromatic heterocycles. The molecule has 0 aliphatic rings. The van der Waals surface area contributed by atoms with Gasteiger partial charge in [-0.15, -0.1) is 0 Å². The number of hydrogen-bond acceptors (Lipinski definition) is 3. The van der Waals surface area contributed by atoms with E-state index in [0.717, 1.165) is 38.6 Å². The zero-order valence-corrected chi connectivity index (χ0v) is 25.9. The molecule has 3 heteroatoms. The molecule has 0 saturated carbocycles. The zero-order chi connectivity index (χ0) is 36.6. The topological polar surface area (TPSA) is 38.9 Å². The van der Waals surface area contributed by atoms with Crippen LogP contribution in [0.1, 0.15) is 92.1 Å². The van der Waals surface area contributed by atoms with E-state index in [2.05, 4.69) is 4.98 Å². The third-order valence-electron chi connectivity index (χ3n) is 7.63. The van der Waals surface area contributed by atoms with Gasteiger partial charge in [-0.05, 0) is 88.1 Å². The molecular formula is C40H42N2O. The van der Waals surface area contributed by atoms with Crippen LogP contribution in [0.3, 0.4) is 0 Å². The maximum atomic E-state index is 9.16. The summed E-state index contributed by atoms with van der Waals surface area (Å²) in [7, 11) is 0. The molecule has 0 N–H and O–H groups in total. The molecule has 0 fully saturated rings. The highest BCUT2D eigenvalue weighted by Gasteiger charge is 2.22. The number of benzene rings is 3. The van der Waals surface area contributed by atoms with Gasteiger partial charge in [0.15, 0.2) is 0 Å². The fourth-order valence-corrected chi connectivity index (χ4v) is 5.63. The lowest BCUT2D eigenvalue weighted by Crippen LogP contribution is -2.10. The highest BCUT2D eigenvalue weighted by atomic mass is 16.3. The van der Waals surface area contributed by atoms with Crippen LogP contribution < -0.4 is 0 Å². The second-order valence-electron chi connectivity index (χ2n) is 12.6. The van der Waals surface area contributed by atoms with E-state index in [9.17, 15) is 0 Å². The van der Waals surface area contributed by atoms with Crippen LogP contribution in [0.25, 0.3) is 55.7 Å². The smallest absolute Gasteiger partial charge is 0.227 e. The summed E-state index contributed by atoms with van der Waals surface area (Å²) < 4.78 is 67.2. The van der Waals surface area contributed by atoms with Crippen molar-refractivity contribution in [3.05, 3.63) is 107 Å². The van der Waals surface area contributed by atoms with E-state index in [0.29, 0.717) is 28.2 Å².